The summed E-state index contributed by atoms with van der Waals surface area (Å²) < 4.78 is 65.0. The number of hydrogen-bond acceptors (Lipinski definition) is 4. The minimum Gasteiger partial charge on any atom is -0.376 e. The predicted octanol–water partition coefficient (Wildman–Crippen LogP) is 3.34. The van der Waals surface area contributed by atoms with E-state index in [1.54, 1.807) is 31.1 Å². The third-order valence-corrected chi connectivity index (χ3v) is 5.99. The normalized spacial score (nSPS) is 12.1. The van der Waals surface area contributed by atoms with E-state index in [9.17, 15) is 26.4 Å². The number of sulfonamides is 1. The lowest BCUT2D eigenvalue weighted by Crippen LogP contribution is -2.35. The number of halogens is 3. The van der Waals surface area contributed by atoms with Crippen LogP contribution in [0.25, 0.3) is 0 Å². The van der Waals surface area contributed by atoms with Crippen LogP contribution in [0, 0.1) is 6.92 Å². The molecule has 10 heteroatoms. The van der Waals surface area contributed by atoms with Gasteiger partial charge in [-0.3, -0.25) is 4.79 Å². The van der Waals surface area contributed by atoms with Gasteiger partial charge in [0.2, 0.25) is 15.9 Å². The highest BCUT2D eigenvalue weighted by Gasteiger charge is 2.31. The summed E-state index contributed by atoms with van der Waals surface area (Å²) in [6.07, 6.45) is -4.57. The molecule has 1 N–H and O–H groups in total. The largest absolute Gasteiger partial charge is 0.416 e. The minimum absolute atomic E-state index is 0.0199. The van der Waals surface area contributed by atoms with E-state index in [1.165, 1.54) is 25.2 Å². The number of nitrogens with one attached hydrogen (secondary N) is 1. The molecule has 0 aromatic heterocycles. The molecule has 0 bridgehead atoms. The van der Waals surface area contributed by atoms with Gasteiger partial charge in [0.05, 0.1) is 28.4 Å². The number of aryl methyl sites for hydroxylation is 1. The van der Waals surface area contributed by atoms with Gasteiger partial charge in [-0.15, -0.1) is 0 Å². The van der Waals surface area contributed by atoms with Crippen LogP contribution in [-0.4, -0.2) is 46.3 Å². The summed E-state index contributed by atoms with van der Waals surface area (Å²) in [6.45, 7) is 1.25. The van der Waals surface area contributed by atoms with Crippen molar-refractivity contribution in [1.82, 2.24) is 4.31 Å². The Labute approximate surface area is 168 Å². The molecule has 0 unspecified atom stereocenters. The first-order chi connectivity index (χ1) is 13.3. The summed E-state index contributed by atoms with van der Waals surface area (Å²) in [6, 6.07) is 9.09. The standard InChI is InChI=1S/C19H22F3N3O3S/c1-13-5-8-15(9-6-13)29(27,28)25(4)12-18(26)23-16-11-14(19(20,21)22)7-10-17(16)24(2)3/h5-11H,12H2,1-4H3,(H,23,26). The van der Waals surface area contributed by atoms with Gasteiger partial charge in [0.25, 0.3) is 0 Å². The molecule has 0 saturated heterocycles. The maximum atomic E-state index is 13.0. The van der Waals surface area contributed by atoms with Crippen LogP contribution in [0.1, 0.15) is 11.1 Å². The van der Waals surface area contributed by atoms with Gasteiger partial charge in [-0.25, -0.2) is 8.42 Å². The Bertz CT molecular complexity index is 988. The van der Waals surface area contributed by atoms with E-state index in [2.05, 4.69) is 5.32 Å². The van der Waals surface area contributed by atoms with Crippen molar-refractivity contribution in [2.24, 2.45) is 0 Å². The van der Waals surface area contributed by atoms with Gasteiger partial charge in [-0.05, 0) is 37.3 Å². The van der Waals surface area contributed by atoms with Crippen molar-refractivity contribution < 1.29 is 26.4 Å². The Morgan fingerprint density at radius 3 is 2.14 bits per heavy atom. The number of amides is 1. The number of nitrogens with zero attached hydrogens (tertiary/aromatic N) is 2. The fourth-order valence-corrected chi connectivity index (χ4v) is 3.70. The number of rotatable bonds is 6. The van der Waals surface area contributed by atoms with E-state index in [0.717, 1.165) is 22.0 Å². The highest BCUT2D eigenvalue weighted by molar-refractivity contribution is 7.89. The van der Waals surface area contributed by atoms with E-state index in [-0.39, 0.29) is 10.6 Å². The summed E-state index contributed by atoms with van der Waals surface area (Å²) in [5.74, 6) is -0.759. The lowest BCUT2D eigenvalue weighted by atomic mass is 10.1. The first-order valence-corrected chi connectivity index (χ1v) is 9.98. The van der Waals surface area contributed by atoms with E-state index >= 15 is 0 Å². The molecule has 0 fully saturated rings. The molecule has 0 spiro atoms. The molecule has 6 nitrogen and oxygen atoms in total. The van der Waals surface area contributed by atoms with Gasteiger partial charge in [0.1, 0.15) is 0 Å². The van der Waals surface area contributed by atoms with Gasteiger partial charge in [0.15, 0.2) is 0 Å². The van der Waals surface area contributed by atoms with E-state index in [1.807, 2.05) is 6.92 Å². The average molecular weight is 429 g/mol. The fourth-order valence-electron chi connectivity index (χ4n) is 2.57. The number of benzene rings is 2. The molecule has 29 heavy (non-hydrogen) atoms. The first kappa shape index (κ1) is 22.7. The molecule has 0 aliphatic carbocycles. The van der Waals surface area contributed by atoms with Crippen molar-refractivity contribution in [3.8, 4) is 0 Å². The second-order valence-electron chi connectivity index (χ2n) is 6.75. The molecule has 1 amide bonds. The quantitative estimate of drug-likeness (QED) is 0.765. The number of carbonyl (C=O) groups excluding carboxylic acids is 1. The first-order valence-electron chi connectivity index (χ1n) is 8.54. The number of alkyl halides is 3. The molecule has 2 aromatic carbocycles. The maximum absolute atomic E-state index is 13.0. The zero-order valence-electron chi connectivity index (χ0n) is 16.4. The van der Waals surface area contributed by atoms with E-state index in [4.69, 9.17) is 0 Å². The van der Waals surface area contributed by atoms with Crippen molar-refractivity contribution in [3.05, 3.63) is 53.6 Å². The Hall–Kier alpha value is -2.59. The molecule has 0 radical (unpaired) electrons. The third-order valence-electron chi connectivity index (χ3n) is 4.18. The number of carbonyl (C=O) groups is 1. The molecular weight excluding hydrogens is 407 g/mol. The maximum Gasteiger partial charge on any atom is 0.416 e. The Morgan fingerprint density at radius 2 is 1.62 bits per heavy atom. The van der Waals surface area contributed by atoms with Crippen LogP contribution in [-0.2, 0) is 21.0 Å². The van der Waals surface area contributed by atoms with Crippen LogP contribution in [0.4, 0.5) is 24.5 Å². The molecule has 158 valence electrons. The van der Waals surface area contributed by atoms with Crippen LogP contribution in [0.15, 0.2) is 47.4 Å². The summed E-state index contributed by atoms with van der Waals surface area (Å²) in [5.41, 5.74) is 0.260. The lowest BCUT2D eigenvalue weighted by molar-refractivity contribution is -0.137. The topological polar surface area (TPSA) is 69.7 Å². The molecule has 0 atom stereocenters. The second kappa shape index (κ2) is 8.42. The van der Waals surface area contributed by atoms with Crippen LogP contribution >= 0.6 is 0 Å². The summed E-state index contributed by atoms with van der Waals surface area (Å²) in [5, 5.41) is 2.38. The molecule has 0 heterocycles. The van der Waals surface area contributed by atoms with Crippen molar-refractivity contribution in [3.63, 3.8) is 0 Å². The molecule has 0 aliphatic heterocycles. The predicted molar refractivity (Wildman–Crippen MR) is 105 cm³/mol. The molecular formula is C19H22F3N3O3S. The van der Waals surface area contributed by atoms with Crippen molar-refractivity contribution in [2.75, 3.05) is 37.9 Å². The van der Waals surface area contributed by atoms with Gasteiger partial charge < -0.3 is 10.2 Å². The van der Waals surface area contributed by atoms with Crippen LogP contribution < -0.4 is 10.2 Å². The SMILES string of the molecule is Cc1ccc(S(=O)(=O)N(C)CC(=O)Nc2cc(C(F)(F)F)ccc2N(C)C)cc1. The molecule has 2 rings (SSSR count). The van der Waals surface area contributed by atoms with Crippen molar-refractivity contribution in [1.29, 1.82) is 0 Å². The Morgan fingerprint density at radius 1 is 1.03 bits per heavy atom. The zero-order valence-corrected chi connectivity index (χ0v) is 17.2. The summed E-state index contributed by atoms with van der Waals surface area (Å²) >= 11 is 0. The van der Waals surface area contributed by atoms with Crippen LogP contribution in [0.2, 0.25) is 0 Å². The Balaban J connectivity index is 2.22. The monoisotopic (exact) mass is 429 g/mol. The second-order valence-corrected chi connectivity index (χ2v) is 8.79. The van der Waals surface area contributed by atoms with Crippen molar-refractivity contribution >= 4 is 27.3 Å². The van der Waals surface area contributed by atoms with Gasteiger partial charge in [-0.2, -0.15) is 17.5 Å². The number of anilines is 2. The highest BCUT2D eigenvalue weighted by Crippen LogP contribution is 2.35. The van der Waals surface area contributed by atoms with Gasteiger partial charge in [0, 0.05) is 21.1 Å². The van der Waals surface area contributed by atoms with E-state index < -0.39 is 34.2 Å². The summed E-state index contributed by atoms with van der Waals surface area (Å²) in [7, 11) is 0.546. The van der Waals surface area contributed by atoms with E-state index in [0.29, 0.717) is 5.69 Å². The molecule has 0 aliphatic rings. The number of hydrogen-bond donors (Lipinski definition) is 1. The smallest absolute Gasteiger partial charge is 0.376 e. The number of likely N-dealkylation sites (N-methyl/N-ethyl adjacent to an activating group) is 1. The summed E-state index contributed by atoms with van der Waals surface area (Å²) in [4.78, 5) is 13.9. The van der Waals surface area contributed by atoms with Crippen LogP contribution in [0.5, 0.6) is 0 Å². The van der Waals surface area contributed by atoms with Gasteiger partial charge in [-0.1, -0.05) is 17.7 Å². The zero-order chi connectivity index (χ0) is 22.0. The third kappa shape index (κ3) is 5.48. The van der Waals surface area contributed by atoms with Crippen molar-refractivity contribution in [2.45, 2.75) is 18.0 Å². The highest BCUT2D eigenvalue weighted by atomic mass is 32.2. The average Bonchev–Trinajstić information content (AvgIpc) is 2.60. The van der Waals surface area contributed by atoms with Crippen LogP contribution in [0.3, 0.4) is 0 Å². The lowest BCUT2D eigenvalue weighted by Gasteiger charge is -2.21. The molecule has 2 aromatic rings. The molecule has 0 saturated carbocycles. The van der Waals surface area contributed by atoms with Gasteiger partial charge >= 0.3 is 6.18 Å². The fraction of sp³-hybridized carbons (Fsp3) is 0.316. The minimum atomic E-state index is -4.57. The Kier molecular flexibility index (Phi) is 6.59.